The zero-order chi connectivity index (χ0) is 16.0. The number of rotatable bonds is 5. The van der Waals surface area contributed by atoms with Gasteiger partial charge in [0.05, 0.1) is 0 Å². The van der Waals surface area contributed by atoms with Crippen LogP contribution in [-0.4, -0.2) is 54.6 Å². The van der Waals surface area contributed by atoms with Crippen LogP contribution in [0.2, 0.25) is 0 Å². The molecule has 1 heterocycles. The molecule has 0 unspecified atom stereocenters. The Morgan fingerprint density at radius 2 is 1.68 bits per heavy atom. The standard InChI is InChI=1S/C18H35N3O/c1-18(2,21-12-8-5-9-13-21)15-19-17(22)20(3)14-16-10-6-4-7-11-16/h16H,4-15H2,1-3H3,(H,19,22). The molecule has 1 saturated heterocycles. The zero-order valence-electron chi connectivity index (χ0n) is 14.9. The SMILES string of the molecule is CN(CC1CCCCC1)C(=O)NCC(C)(C)N1CCCCC1. The van der Waals surface area contributed by atoms with Gasteiger partial charge in [0.25, 0.3) is 0 Å². The first kappa shape index (κ1) is 17.6. The van der Waals surface area contributed by atoms with Crippen molar-refractivity contribution in [1.29, 1.82) is 0 Å². The summed E-state index contributed by atoms with van der Waals surface area (Å²) in [4.78, 5) is 16.8. The number of hydrogen-bond acceptors (Lipinski definition) is 2. The summed E-state index contributed by atoms with van der Waals surface area (Å²) in [6, 6.07) is 0.0932. The third-order valence-electron chi connectivity index (χ3n) is 5.49. The molecule has 0 spiro atoms. The summed E-state index contributed by atoms with van der Waals surface area (Å²) in [5.74, 6) is 0.708. The smallest absolute Gasteiger partial charge is 0.317 e. The Balaban J connectivity index is 1.73. The van der Waals surface area contributed by atoms with E-state index in [0.717, 1.165) is 13.1 Å². The molecule has 2 rings (SSSR count). The van der Waals surface area contributed by atoms with Crippen LogP contribution in [0.4, 0.5) is 4.79 Å². The van der Waals surface area contributed by atoms with E-state index >= 15 is 0 Å². The van der Waals surface area contributed by atoms with Crippen LogP contribution in [-0.2, 0) is 0 Å². The fourth-order valence-electron chi connectivity index (χ4n) is 3.88. The van der Waals surface area contributed by atoms with Gasteiger partial charge in [-0.15, -0.1) is 0 Å². The maximum atomic E-state index is 12.3. The van der Waals surface area contributed by atoms with Gasteiger partial charge in [0, 0.05) is 25.7 Å². The fraction of sp³-hybridized carbons (Fsp3) is 0.944. The van der Waals surface area contributed by atoms with Gasteiger partial charge >= 0.3 is 6.03 Å². The molecule has 1 N–H and O–H groups in total. The van der Waals surface area contributed by atoms with Gasteiger partial charge in [-0.25, -0.2) is 4.79 Å². The van der Waals surface area contributed by atoms with Gasteiger partial charge in [-0.3, -0.25) is 4.90 Å². The lowest BCUT2D eigenvalue weighted by Gasteiger charge is -2.41. The highest BCUT2D eigenvalue weighted by atomic mass is 16.2. The molecule has 2 amide bonds. The Morgan fingerprint density at radius 3 is 2.32 bits per heavy atom. The van der Waals surface area contributed by atoms with Gasteiger partial charge in [0.2, 0.25) is 0 Å². The molecule has 1 aliphatic carbocycles. The maximum absolute atomic E-state index is 12.3. The van der Waals surface area contributed by atoms with E-state index in [1.165, 1.54) is 64.5 Å². The van der Waals surface area contributed by atoms with Crippen LogP contribution in [0.5, 0.6) is 0 Å². The second-order valence-corrected chi connectivity index (χ2v) is 7.90. The van der Waals surface area contributed by atoms with Gasteiger partial charge in [-0.1, -0.05) is 25.7 Å². The molecule has 4 heteroatoms. The van der Waals surface area contributed by atoms with Crippen LogP contribution < -0.4 is 5.32 Å². The van der Waals surface area contributed by atoms with E-state index in [4.69, 9.17) is 0 Å². The van der Waals surface area contributed by atoms with E-state index in [0.29, 0.717) is 5.92 Å². The molecule has 1 saturated carbocycles. The number of carbonyl (C=O) groups excluding carboxylic acids is 1. The molecule has 2 fully saturated rings. The number of piperidine rings is 1. The van der Waals surface area contributed by atoms with Crippen LogP contribution in [0, 0.1) is 5.92 Å². The third kappa shape index (κ3) is 5.15. The van der Waals surface area contributed by atoms with E-state index in [9.17, 15) is 4.79 Å². The van der Waals surface area contributed by atoms with Crippen molar-refractivity contribution in [2.24, 2.45) is 5.92 Å². The van der Waals surface area contributed by atoms with Gasteiger partial charge in [-0.05, 0) is 58.5 Å². The molecule has 1 aliphatic heterocycles. The van der Waals surface area contributed by atoms with E-state index in [-0.39, 0.29) is 11.6 Å². The number of amides is 2. The number of likely N-dealkylation sites (tertiary alicyclic amines) is 1. The Bertz CT molecular complexity index is 344. The lowest BCUT2D eigenvalue weighted by atomic mass is 9.89. The van der Waals surface area contributed by atoms with Crippen molar-refractivity contribution in [3.8, 4) is 0 Å². The monoisotopic (exact) mass is 309 g/mol. The van der Waals surface area contributed by atoms with Crippen LogP contribution in [0.25, 0.3) is 0 Å². The molecule has 0 atom stereocenters. The fourth-order valence-corrected chi connectivity index (χ4v) is 3.88. The minimum atomic E-state index is 0.0573. The van der Waals surface area contributed by atoms with Gasteiger partial charge in [0.15, 0.2) is 0 Å². The summed E-state index contributed by atoms with van der Waals surface area (Å²) in [6.07, 6.45) is 10.6. The average Bonchev–Trinajstić information content (AvgIpc) is 2.54. The minimum Gasteiger partial charge on any atom is -0.336 e. The summed E-state index contributed by atoms with van der Waals surface area (Å²) in [5, 5.41) is 3.15. The molecule has 2 aliphatic rings. The molecule has 0 aromatic rings. The Hall–Kier alpha value is -0.770. The molecular formula is C18H35N3O. The topological polar surface area (TPSA) is 35.6 Å². The number of nitrogens with one attached hydrogen (secondary N) is 1. The first-order valence-corrected chi connectivity index (χ1v) is 9.23. The summed E-state index contributed by atoms with van der Waals surface area (Å²) in [6.45, 7) is 8.48. The molecular weight excluding hydrogens is 274 g/mol. The van der Waals surface area contributed by atoms with Crippen molar-refractivity contribution < 1.29 is 4.79 Å². The highest BCUT2D eigenvalue weighted by molar-refractivity contribution is 5.73. The van der Waals surface area contributed by atoms with E-state index in [2.05, 4.69) is 24.1 Å². The van der Waals surface area contributed by atoms with Crippen LogP contribution in [0.1, 0.15) is 65.2 Å². The van der Waals surface area contributed by atoms with E-state index in [1.54, 1.807) is 0 Å². The van der Waals surface area contributed by atoms with Gasteiger partial charge < -0.3 is 10.2 Å². The van der Waals surface area contributed by atoms with Crippen LogP contribution in [0.15, 0.2) is 0 Å². The number of nitrogens with zero attached hydrogens (tertiary/aromatic N) is 2. The van der Waals surface area contributed by atoms with E-state index < -0.39 is 0 Å². The number of carbonyl (C=O) groups is 1. The lowest BCUT2D eigenvalue weighted by Crippen LogP contribution is -2.54. The number of urea groups is 1. The van der Waals surface area contributed by atoms with Crippen molar-refractivity contribution in [2.75, 3.05) is 33.2 Å². The van der Waals surface area contributed by atoms with Crippen molar-refractivity contribution >= 4 is 6.03 Å². The molecule has 0 aromatic heterocycles. The van der Waals surface area contributed by atoms with Crippen LogP contribution in [0.3, 0.4) is 0 Å². The second-order valence-electron chi connectivity index (χ2n) is 7.90. The predicted octanol–water partition coefficient (Wildman–Crippen LogP) is 3.47. The first-order valence-electron chi connectivity index (χ1n) is 9.23. The largest absolute Gasteiger partial charge is 0.336 e. The third-order valence-corrected chi connectivity index (χ3v) is 5.49. The predicted molar refractivity (Wildman–Crippen MR) is 92.1 cm³/mol. The summed E-state index contributed by atoms with van der Waals surface area (Å²) >= 11 is 0. The van der Waals surface area contributed by atoms with Crippen molar-refractivity contribution in [3.63, 3.8) is 0 Å². The summed E-state index contributed by atoms with van der Waals surface area (Å²) in [7, 11) is 1.94. The Labute approximate surface area is 136 Å². The van der Waals surface area contributed by atoms with Crippen LogP contribution >= 0.6 is 0 Å². The van der Waals surface area contributed by atoms with Crippen molar-refractivity contribution in [1.82, 2.24) is 15.1 Å². The zero-order valence-corrected chi connectivity index (χ0v) is 14.9. The Morgan fingerprint density at radius 1 is 1.09 bits per heavy atom. The first-order chi connectivity index (χ1) is 10.5. The van der Waals surface area contributed by atoms with E-state index in [1.807, 2.05) is 11.9 Å². The van der Waals surface area contributed by atoms with Gasteiger partial charge in [0.1, 0.15) is 0 Å². The molecule has 0 aromatic carbocycles. The molecule has 22 heavy (non-hydrogen) atoms. The Kier molecular flexibility index (Phi) is 6.54. The number of hydrogen-bond donors (Lipinski definition) is 1. The molecule has 0 bridgehead atoms. The van der Waals surface area contributed by atoms with Crippen molar-refractivity contribution in [3.05, 3.63) is 0 Å². The quantitative estimate of drug-likeness (QED) is 0.844. The molecule has 128 valence electrons. The highest BCUT2D eigenvalue weighted by Crippen LogP contribution is 2.24. The molecule has 0 radical (unpaired) electrons. The highest BCUT2D eigenvalue weighted by Gasteiger charge is 2.28. The summed E-state index contributed by atoms with van der Waals surface area (Å²) < 4.78 is 0. The van der Waals surface area contributed by atoms with Gasteiger partial charge in [-0.2, -0.15) is 0 Å². The minimum absolute atomic E-state index is 0.0573. The second kappa shape index (κ2) is 8.19. The van der Waals surface area contributed by atoms with Crippen molar-refractivity contribution in [2.45, 2.75) is 70.8 Å². The summed E-state index contributed by atoms with van der Waals surface area (Å²) in [5.41, 5.74) is 0.0573. The average molecular weight is 309 g/mol. The normalized spacial score (nSPS) is 21.6. The lowest BCUT2D eigenvalue weighted by molar-refractivity contribution is 0.0939. The molecule has 4 nitrogen and oxygen atoms in total. The maximum Gasteiger partial charge on any atom is 0.317 e.